The topological polar surface area (TPSA) is 40.5 Å². The lowest BCUT2D eigenvalue weighted by Crippen LogP contribution is -2.46. The van der Waals surface area contributed by atoms with E-state index in [0.29, 0.717) is 35.5 Å². The van der Waals surface area contributed by atoms with E-state index in [9.17, 15) is 10.2 Å². The molecule has 2 heteroatoms. The van der Waals surface area contributed by atoms with E-state index in [1.807, 2.05) is 0 Å². The van der Waals surface area contributed by atoms with Crippen molar-refractivity contribution in [3.8, 4) is 0 Å². The second kappa shape index (κ2) is 9.65. The summed E-state index contributed by atoms with van der Waals surface area (Å²) in [4.78, 5) is 0. The van der Waals surface area contributed by atoms with Crippen molar-refractivity contribution in [3.05, 3.63) is 12.2 Å². The number of hydrogen-bond acceptors (Lipinski definition) is 2. The van der Waals surface area contributed by atoms with E-state index < -0.39 is 11.2 Å². The van der Waals surface area contributed by atoms with E-state index in [1.165, 1.54) is 18.4 Å². The van der Waals surface area contributed by atoms with Gasteiger partial charge in [-0.05, 0) is 86.9 Å². The summed E-state index contributed by atoms with van der Waals surface area (Å²) < 4.78 is 0. The third-order valence-corrected chi connectivity index (χ3v) is 8.16. The van der Waals surface area contributed by atoms with Crippen LogP contribution in [0.2, 0.25) is 0 Å². The molecule has 6 atom stereocenters. The van der Waals surface area contributed by atoms with Gasteiger partial charge in [-0.2, -0.15) is 0 Å². The van der Waals surface area contributed by atoms with Crippen molar-refractivity contribution in [1.29, 1.82) is 0 Å². The summed E-state index contributed by atoms with van der Waals surface area (Å²) in [5.74, 6) is 3.11. The van der Waals surface area contributed by atoms with Gasteiger partial charge in [-0.15, -0.1) is 0 Å². The van der Waals surface area contributed by atoms with Gasteiger partial charge in [0.15, 0.2) is 0 Å². The van der Waals surface area contributed by atoms with Crippen LogP contribution in [0.4, 0.5) is 0 Å². The van der Waals surface area contributed by atoms with Crippen molar-refractivity contribution in [1.82, 2.24) is 0 Å². The van der Waals surface area contributed by atoms with Gasteiger partial charge < -0.3 is 10.2 Å². The summed E-state index contributed by atoms with van der Waals surface area (Å²) in [6.45, 7) is 17.9. The van der Waals surface area contributed by atoms with E-state index >= 15 is 0 Å². The van der Waals surface area contributed by atoms with Gasteiger partial charge in [0.2, 0.25) is 0 Å². The normalized spacial score (nSPS) is 39.5. The summed E-state index contributed by atoms with van der Waals surface area (Å²) in [6, 6.07) is 0. The maximum atomic E-state index is 11.4. The molecule has 2 aliphatic rings. The molecular weight excluding hydrogens is 344 g/mol. The first-order valence-corrected chi connectivity index (χ1v) is 12.1. The largest absolute Gasteiger partial charge is 0.390 e. The molecule has 0 radical (unpaired) electrons. The molecule has 2 saturated carbocycles. The number of allylic oxidation sites excluding steroid dienone is 1. The maximum absolute atomic E-state index is 11.4. The summed E-state index contributed by atoms with van der Waals surface area (Å²) in [5.41, 5.74) is 0.139. The molecule has 2 nitrogen and oxygen atoms in total. The first kappa shape index (κ1) is 23.9. The van der Waals surface area contributed by atoms with Crippen LogP contribution in [0.25, 0.3) is 0 Å². The first-order chi connectivity index (χ1) is 13.0. The average Bonchev–Trinajstić information content (AvgIpc) is 2.57. The van der Waals surface area contributed by atoms with Crippen LogP contribution in [-0.2, 0) is 0 Å². The van der Waals surface area contributed by atoms with Crippen LogP contribution < -0.4 is 0 Å². The average molecular weight is 393 g/mol. The minimum atomic E-state index is -0.536. The SMILES string of the molecule is C=C(CC[C@]1(O)C[C@H](C)CC[C@H]1C(C)C)CC[C@]1(O)C[C@H](C)CC[C@H]1C(C)C. The van der Waals surface area contributed by atoms with E-state index in [1.54, 1.807) is 0 Å². The molecule has 0 spiro atoms. The molecule has 0 aromatic rings. The highest BCUT2D eigenvalue weighted by atomic mass is 16.3. The smallest absolute Gasteiger partial charge is 0.0683 e. The van der Waals surface area contributed by atoms with Crippen LogP contribution in [0.5, 0.6) is 0 Å². The fraction of sp³-hybridized carbons (Fsp3) is 0.923. The Morgan fingerprint density at radius 2 is 1.14 bits per heavy atom. The van der Waals surface area contributed by atoms with Crippen molar-refractivity contribution in [2.45, 2.75) is 117 Å². The molecule has 0 unspecified atom stereocenters. The van der Waals surface area contributed by atoms with Gasteiger partial charge in [-0.1, -0.05) is 66.5 Å². The molecular formula is C26H48O2. The van der Waals surface area contributed by atoms with Crippen LogP contribution in [0.15, 0.2) is 12.2 Å². The highest BCUT2D eigenvalue weighted by Gasteiger charge is 2.43. The van der Waals surface area contributed by atoms with E-state index in [0.717, 1.165) is 51.4 Å². The standard InChI is InChI=1S/C26H48O2/c1-18(2)23-10-8-21(6)16-25(23,27)14-12-20(5)13-15-26(28)17-22(7)9-11-24(26)19(3)4/h18-19,21-24,27-28H,5,8-17H2,1-4,6-7H3/t21-,22-,23+,24+,25+,26+/m1/s1. The number of hydrogen-bond donors (Lipinski definition) is 2. The van der Waals surface area contributed by atoms with Gasteiger partial charge in [0.25, 0.3) is 0 Å². The van der Waals surface area contributed by atoms with E-state index in [-0.39, 0.29) is 0 Å². The van der Waals surface area contributed by atoms with Crippen LogP contribution in [0.1, 0.15) is 106 Å². The Hall–Kier alpha value is -0.340. The zero-order chi connectivity index (χ0) is 21.1. The minimum absolute atomic E-state index is 0.408. The van der Waals surface area contributed by atoms with Gasteiger partial charge in [0.1, 0.15) is 0 Å². The molecule has 2 fully saturated rings. The predicted molar refractivity (Wildman–Crippen MR) is 120 cm³/mol. The van der Waals surface area contributed by atoms with Gasteiger partial charge >= 0.3 is 0 Å². The van der Waals surface area contributed by atoms with Gasteiger partial charge in [0.05, 0.1) is 11.2 Å². The monoisotopic (exact) mass is 392 g/mol. The number of aliphatic hydroxyl groups is 2. The van der Waals surface area contributed by atoms with Gasteiger partial charge in [-0.3, -0.25) is 0 Å². The van der Waals surface area contributed by atoms with Crippen molar-refractivity contribution in [3.63, 3.8) is 0 Å². The van der Waals surface area contributed by atoms with Crippen molar-refractivity contribution >= 4 is 0 Å². The highest BCUT2D eigenvalue weighted by molar-refractivity contribution is 5.03. The Balaban J connectivity index is 1.92. The molecule has 0 aliphatic heterocycles. The molecule has 0 aromatic heterocycles. The molecule has 0 bridgehead atoms. The summed E-state index contributed by atoms with van der Waals surface area (Å²) >= 11 is 0. The van der Waals surface area contributed by atoms with E-state index in [4.69, 9.17) is 0 Å². The lowest BCUT2D eigenvalue weighted by Gasteiger charge is -2.46. The highest BCUT2D eigenvalue weighted by Crippen LogP contribution is 2.46. The molecule has 28 heavy (non-hydrogen) atoms. The van der Waals surface area contributed by atoms with Crippen molar-refractivity contribution in [2.75, 3.05) is 0 Å². The lowest BCUT2D eigenvalue weighted by atomic mass is 9.64. The van der Waals surface area contributed by atoms with Crippen LogP contribution >= 0.6 is 0 Å². The fourth-order valence-corrected chi connectivity index (χ4v) is 6.57. The fourth-order valence-electron chi connectivity index (χ4n) is 6.57. The zero-order valence-corrected chi connectivity index (χ0v) is 19.6. The molecule has 2 rings (SSSR count). The van der Waals surface area contributed by atoms with Gasteiger partial charge in [-0.25, -0.2) is 0 Å². The molecule has 0 saturated heterocycles. The second-order valence-electron chi connectivity index (χ2n) is 11.4. The molecule has 2 N–H and O–H groups in total. The maximum Gasteiger partial charge on any atom is 0.0683 e. The molecule has 164 valence electrons. The Labute approximate surface area is 175 Å². The quantitative estimate of drug-likeness (QED) is 0.448. The van der Waals surface area contributed by atoms with Crippen LogP contribution in [0.3, 0.4) is 0 Å². The summed E-state index contributed by atoms with van der Waals surface area (Å²) in [5, 5.41) is 22.9. The Morgan fingerprint density at radius 3 is 1.46 bits per heavy atom. The Morgan fingerprint density at radius 1 is 0.786 bits per heavy atom. The third kappa shape index (κ3) is 5.85. The number of rotatable bonds is 8. The van der Waals surface area contributed by atoms with Crippen LogP contribution in [0, 0.1) is 35.5 Å². The lowest BCUT2D eigenvalue weighted by molar-refractivity contribution is -0.0882. The molecule has 0 aromatic carbocycles. The summed E-state index contributed by atoms with van der Waals surface area (Å²) in [6.07, 6.45) is 10.1. The Kier molecular flexibility index (Phi) is 8.25. The third-order valence-electron chi connectivity index (χ3n) is 8.16. The molecule has 2 aliphatic carbocycles. The molecule has 0 amide bonds. The van der Waals surface area contributed by atoms with Crippen molar-refractivity contribution < 1.29 is 10.2 Å². The summed E-state index contributed by atoms with van der Waals surface area (Å²) in [7, 11) is 0. The minimum Gasteiger partial charge on any atom is -0.390 e. The van der Waals surface area contributed by atoms with Crippen LogP contribution in [-0.4, -0.2) is 21.4 Å². The van der Waals surface area contributed by atoms with E-state index in [2.05, 4.69) is 48.1 Å². The predicted octanol–water partition coefficient (Wildman–Crippen LogP) is 6.75. The first-order valence-electron chi connectivity index (χ1n) is 12.1. The van der Waals surface area contributed by atoms with Gasteiger partial charge in [0, 0.05) is 0 Å². The second-order valence-corrected chi connectivity index (χ2v) is 11.4. The zero-order valence-electron chi connectivity index (χ0n) is 19.6. The molecule has 0 heterocycles. The van der Waals surface area contributed by atoms with Crippen molar-refractivity contribution in [2.24, 2.45) is 35.5 Å². The Bertz CT molecular complexity index is 467.